The van der Waals surface area contributed by atoms with Crippen LogP contribution in [0.15, 0.2) is 12.3 Å². The Hall–Kier alpha value is -1.47. The van der Waals surface area contributed by atoms with Gasteiger partial charge in [-0.25, -0.2) is 13.8 Å². The van der Waals surface area contributed by atoms with Gasteiger partial charge in [0.05, 0.1) is 24.0 Å². The maximum Gasteiger partial charge on any atom is 0.287 e. The lowest BCUT2D eigenvalue weighted by molar-refractivity contribution is -0.0462. The van der Waals surface area contributed by atoms with Gasteiger partial charge in [-0.2, -0.15) is 0 Å². The molecule has 4 N–H and O–H groups in total. The van der Waals surface area contributed by atoms with E-state index in [1.54, 1.807) is 0 Å². The number of anilines is 1. The van der Waals surface area contributed by atoms with E-state index in [4.69, 9.17) is 22.4 Å². The number of pyridine rings is 1. The lowest BCUT2D eigenvalue weighted by Gasteiger charge is -2.14. The molecule has 0 aliphatic carbocycles. The number of nitrogens with one attached hydrogen (secondary N) is 1. The van der Waals surface area contributed by atoms with Crippen LogP contribution in [0.1, 0.15) is 10.4 Å². The largest absolute Gasteiger partial charge is 0.397 e. The standard InChI is InChI=1S/C9H10ClF2N3O2/c10-7-6(1-5(13)2-14-7)8(17)15-3-9(11,12)4-16/h1-2,16H,3-4,13H2,(H,15,17). The number of nitrogens with two attached hydrogens (primary N) is 1. The molecule has 0 fully saturated rings. The molecule has 1 amide bonds. The molecule has 5 nitrogen and oxygen atoms in total. The highest BCUT2D eigenvalue weighted by Crippen LogP contribution is 2.16. The number of nitrogen functional groups attached to an aromatic ring is 1. The first kappa shape index (κ1) is 13.6. The first-order chi connectivity index (χ1) is 7.85. The Bertz CT molecular complexity index is 429. The molecular formula is C9H10ClF2N3O2. The van der Waals surface area contributed by atoms with Gasteiger partial charge in [0, 0.05) is 0 Å². The number of carbonyl (C=O) groups excluding carboxylic acids is 1. The molecule has 0 aliphatic heterocycles. The Morgan fingerprint density at radius 1 is 1.65 bits per heavy atom. The summed E-state index contributed by atoms with van der Waals surface area (Å²) in [7, 11) is 0. The van der Waals surface area contributed by atoms with Gasteiger partial charge in [0.1, 0.15) is 11.8 Å². The molecule has 0 bridgehead atoms. The van der Waals surface area contributed by atoms with Crippen LogP contribution in [-0.4, -0.2) is 35.1 Å². The van der Waals surface area contributed by atoms with E-state index in [-0.39, 0.29) is 16.4 Å². The molecule has 0 aromatic carbocycles. The average Bonchev–Trinajstić information content (AvgIpc) is 2.29. The van der Waals surface area contributed by atoms with Crippen molar-refractivity contribution in [1.29, 1.82) is 0 Å². The molecule has 8 heteroatoms. The van der Waals surface area contributed by atoms with Gasteiger partial charge < -0.3 is 16.2 Å². The SMILES string of the molecule is Nc1cnc(Cl)c(C(=O)NCC(F)(F)CO)c1. The highest BCUT2D eigenvalue weighted by molar-refractivity contribution is 6.32. The minimum absolute atomic E-state index is 0.0968. The summed E-state index contributed by atoms with van der Waals surface area (Å²) in [5, 5.41) is 10.1. The van der Waals surface area contributed by atoms with Gasteiger partial charge in [0.15, 0.2) is 0 Å². The van der Waals surface area contributed by atoms with E-state index in [0.717, 1.165) is 0 Å². The van der Waals surface area contributed by atoms with Gasteiger partial charge in [0.25, 0.3) is 11.8 Å². The molecule has 0 spiro atoms. The fourth-order valence-electron chi connectivity index (χ4n) is 0.984. The number of rotatable bonds is 4. The number of aromatic nitrogens is 1. The molecular weight excluding hydrogens is 256 g/mol. The number of hydrogen-bond acceptors (Lipinski definition) is 4. The predicted molar refractivity (Wildman–Crippen MR) is 58.0 cm³/mol. The van der Waals surface area contributed by atoms with Gasteiger partial charge in [-0.15, -0.1) is 0 Å². The van der Waals surface area contributed by atoms with Crippen LogP contribution in [0, 0.1) is 0 Å². The van der Waals surface area contributed by atoms with Crippen molar-refractivity contribution in [2.75, 3.05) is 18.9 Å². The Morgan fingerprint density at radius 2 is 2.29 bits per heavy atom. The third-order valence-corrected chi connectivity index (χ3v) is 2.14. The number of carbonyl (C=O) groups is 1. The maximum absolute atomic E-state index is 12.7. The van der Waals surface area contributed by atoms with Gasteiger partial charge in [0.2, 0.25) is 0 Å². The molecule has 0 saturated heterocycles. The van der Waals surface area contributed by atoms with Crippen LogP contribution < -0.4 is 11.1 Å². The predicted octanol–water partition coefficient (Wildman–Crippen LogP) is 0.675. The lowest BCUT2D eigenvalue weighted by atomic mass is 10.2. The average molecular weight is 266 g/mol. The van der Waals surface area contributed by atoms with E-state index in [9.17, 15) is 13.6 Å². The van der Waals surface area contributed by atoms with Crippen molar-refractivity contribution in [2.45, 2.75) is 5.92 Å². The van der Waals surface area contributed by atoms with E-state index in [1.165, 1.54) is 12.3 Å². The van der Waals surface area contributed by atoms with Gasteiger partial charge >= 0.3 is 0 Å². The van der Waals surface area contributed by atoms with Gasteiger partial charge in [-0.05, 0) is 6.07 Å². The molecule has 0 unspecified atom stereocenters. The fourth-order valence-corrected chi connectivity index (χ4v) is 1.17. The first-order valence-corrected chi connectivity index (χ1v) is 4.91. The fraction of sp³-hybridized carbons (Fsp3) is 0.333. The number of hydrogen-bond donors (Lipinski definition) is 3. The molecule has 94 valence electrons. The van der Waals surface area contributed by atoms with Crippen LogP contribution in [0.5, 0.6) is 0 Å². The van der Waals surface area contributed by atoms with Crippen molar-refractivity contribution in [3.8, 4) is 0 Å². The number of amides is 1. The summed E-state index contributed by atoms with van der Waals surface area (Å²) in [6.45, 7) is -2.34. The van der Waals surface area contributed by atoms with Crippen LogP contribution in [0.25, 0.3) is 0 Å². The second-order valence-electron chi connectivity index (χ2n) is 3.30. The van der Waals surface area contributed by atoms with E-state index in [0.29, 0.717) is 0 Å². The van der Waals surface area contributed by atoms with Crippen LogP contribution in [0.3, 0.4) is 0 Å². The number of aliphatic hydroxyl groups is 1. The minimum Gasteiger partial charge on any atom is -0.397 e. The summed E-state index contributed by atoms with van der Waals surface area (Å²) in [6.07, 6.45) is 1.24. The van der Waals surface area contributed by atoms with Crippen molar-refractivity contribution in [2.24, 2.45) is 0 Å². The number of alkyl halides is 2. The third kappa shape index (κ3) is 3.79. The smallest absolute Gasteiger partial charge is 0.287 e. The van der Waals surface area contributed by atoms with Crippen LogP contribution in [0.4, 0.5) is 14.5 Å². The van der Waals surface area contributed by atoms with Crippen molar-refractivity contribution in [3.05, 3.63) is 23.0 Å². The maximum atomic E-state index is 12.7. The zero-order chi connectivity index (χ0) is 13.1. The van der Waals surface area contributed by atoms with Gasteiger partial charge in [-0.1, -0.05) is 11.6 Å². The summed E-state index contributed by atoms with van der Waals surface area (Å²) in [5.74, 6) is -4.21. The summed E-state index contributed by atoms with van der Waals surface area (Å²) in [4.78, 5) is 15.1. The van der Waals surface area contributed by atoms with Crippen LogP contribution in [-0.2, 0) is 0 Å². The third-order valence-electron chi connectivity index (χ3n) is 1.84. The highest BCUT2D eigenvalue weighted by Gasteiger charge is 2.28. The quantitative estimate of drug-likeness (QED) is 0.699. The summed E-state index contributed by atoms with van der Waals surface area (Å²) in [6, 6.07) is 1.22. The van der Waals surface area contributed by atoms with Gasteiger partial charge in [-0.3, -0.25) is 4.79 Å². The second kappa shape index (κ2) is 5.24. The number of halogens is 3. The number of aliphatic hydroxyl groups excluding tert-OH is 1. The Morgan fingerprint density at radius 3 is 2.88 bits per heavy atom. The molecule has 0 atom stereocenters. The Balaban J connectivity index is 2.74. The number of nitrogens with zero attached hydrogens (tertiary/aromatic N) is 1. The van der Waals surface area contributed by atoms with Crippen molar-refractivity contribution in [3.63, 3.8) is 0 Å². The van der Waals surface area contributed by atoms with Crippen LogP contribution >= 0.6 is 11.6 Å². The Labute approximate surface area is 101 Å². The lowest BCUT2D eigenvalue weighted by Crippen LogP contribution is -2.39. The van der Waals surface area contributed by atoms with Crippen molar-refractivity contribution < 1.29 is 18.7 Å². The topological polar surface area (TPSA) is 88.2 Å². The highest BCUT2D eigenvalue weighted by atomic mass is 35.5. The molecule has 0 saturated carbocycles. The summed E-state index contributed by atoms with van der Waals surface area (Å²) < 4.78 is 25.3. The van der Waals surface area contributed by atoms with Crippen molar-refractivity contribution >= 4 is 23.2 Å². The molecule has 1 rings (SSSR count). The van der Waals surface area contributed by atoms with E-state index >= 15 is 0 Å². The van der Waals surface area contributed by atoms with E-state index in [2.05, 4.69) is 4.98 Å². The normalized spacial score (nSPS) is 11.3. The van der Waals surface area contributed by atoms with E-state index < -0.39 is 25.0 Å². The molecule has 17 heavy (non-hydrogen) atoms. The molecule has 0 radical (unpaired) electrons. The minimum atomic E-state index is -3.38. The monoisotopic (exact) mass is 265 g/mol. The molecule has 1 aromatic heterocycles. The van der Waals surface area contributed by atoms with Crippen molar-refractivity contribution in [1.82, 2.24) is 10.3 Å². The molecule has 1 heterocycles. The first-order valence-electron chi connectivity index (χ1n) is 4.53. The van der Waals surface area contributed by atoms with E-state index in [1.807, 2.05) is 5.32 Å². The Kier molecular flexibility index (Phi) is 4.19. The summed E-state index contributed by atoms with van der Waals surface area (Å²) >= 11 is 5.61. The molecule has 0 aliphatic rings. The second-order valence-corrected chi connectivity index (χ2v) is 3.66. The zero-order valence-electron chi connectivity index (χ0n) is 8.58. The zero-order valence-corrected chi connectivity index (χ0v) is 9.34. The summed E-state index contributed by atoms with van der Waals surface area (Å²) in [5.41, 5.74) is 5.48. The van der Waals surface area contributed by atoms with Crippen LogP contribution in [0.2, 0.25) is 5.15 Å². The molecule has 1 aromatic rings.